The fourth-order valence-corrected chi connectivity index (χ4v) is 6.78. The maximum atomic E-state index is 9.49. The third-order valence-electron chi connectivity index (χ3n) is 9.34. The van der Waals surface area contributed by atoms with Gasteiger partial charge in [-0.3, -0.25) is 0 Å². The largest absolute Gasteiger partial charge is 0.228 e. The van der Waals surface area contributed by atoms with E-state index < -0.39 is 0 Å². The summed E-state index contributed by atoms with van der Waals surface area (Å²) in [6, 6.07) is 55.0. The highest BCUT2D eigenvalue weighted by atomic mass is 14.9. The molecule has 0 saturated heterocycles. The van der Waals surface area contributed by atoms with Crippen molar-refractivity contribution in [3.05, 3.63) is 168 Å². The zero-order valence-electron chi connectivity index (χ0n) is 26.3. The van der Waals surface area contributed by atoms with Crippen molar-refractivity contribution in [3.8, 4) is 73.4 Å². The zero-order valence-corrected chi connectivity index (χ0v) is 26.3. The summed E-state index contributed by atoms with van der Waals surface area (Å²) in [4.78, 5) is 9.92. The lowest BCUT2D eigenvalue weighted by molar-refractivity contribution is 0.660. The molecule has 0 radical (unpaired) electrons. The van der Waals surface area contributed by atoms with Crippen LogP contribution in [0.1, 0.15) is 30.5 Å². The molecule has 1 aliphatic carbocycles. The Labute approximate surface area is 275 Å². The molecule has 1 aromatic heterocycles. The summed E-state index contributed by atoms with van der Waals surface area (Å²) in [5, 5.41) is 9.49. The highest BCUT2D eigenvalue weighted by Crippen LogP contribution is 2.50. The van der Waals surface area contributed by atoms with Crippen molar-refractivity contribution in [2.75, 3.05) is 0 Å². The first-order valence-corrected chi connectivity index (χ1v) is 15.9. The fourth-order valence-electron chi connectivity index (χ4n) is 6.78. The molecule has 47 heavy (non-hydrogen) atoms. The molecule has 0 saturated carbocycles. The molecule has 0 amide bonds. The first-order chi connectivity index (χ1) is 23.0. The lowest BCUT2D eigenvalue weighted by Crippen LogP contribution is -2.15. The molecule has 6 aromatic carbocycles. The maximum absolute atomic E-state index is 9.49. The van der Waals surface area contributed by atoms with E-state index in [2.05, 4.69) is 123 Å². The quantitative estimate of drug-likeness (QED) is 0.197. The van der Waals surface area contributed by atoms with Crippen molar-refractivity contribution in [1.82, 2.24) is 9.97 Å². The SMILES string of the molecule is CC1(C)c2ccc(C#N)cc2-c2ccc(-c3cccc(-c4ccc(-c5cc(-c6ccccc6)nc(-c6ccccc6)n5)cc4)c3)cc21. The number of hydrogen-bond donors (Lipinski definition) is 0. The van der Waals surface area contributed by atoms with Gasteiger partial charge in [0.15, 0.2) is 5.82 Å². The number of aromatic nitrogens is 2. The Bertz CT molecular complexity index is 2260. The van der Waals surface area contributed by atoms with E-state index in [9.17, 15) is 5.26 Å². The van der Waals surface area contributed by atoms with Crippen molar-refractivity contribution in [1.29, 1.82) is 5.26 Å². The Balaban J connectivity index is 1.13. The Hall–Kier alpha value is -6.11. The number of nitrogens with zero attached hydrogens (tertiary/aromatic N) is 3. The van der Waals surface area contributed by atoms with Gasteiger partial charge in [-0.2, -0.15) is 5.26 Å². The van der Waals surface area contributed by atoms with Crippen molar-refractivity contribution in [2.24, 2.45) is 0 Å². The molecule has 1 aliphatic rings. The van der Waals surface area contributed by atoms with Gasteiger partial charge in [0.2, 0.25) is 0 Å². The number of fused-ring (bicyclic) bond motifs is 3. The van der Waals surface area contributed by atoms with Crippen molar-refractivity contribution in [3.63, 3.8) is 0 Å². The summed E-state index contributed by atoms with van der Waals surface area (Å²) in [6.45, 7) is 4.55. The highest BCUT2D eigenvalue weighted by molar-refractivity contribution is 5.85. The standard InChI is InChI=1S/C44H31N3/c1-44(2)39-23-16-29(28-45)24-38(39)37-22-21-36(26-40(37)44)35-15-9-14-34(25-35)30-17-19-32(20-18-30)42-27-41(31-10-5-3-6-11-31)46-43(47-42)33-12-7-4-8-13-33/h3-27H,1-2H3. The molecule has 222 valence electrons. The Morgan fingerprint density at radius 3 is 1.68 bits per heavy atom. The van der Waals surface area contributed by atoms with Gasteiger partial charge in [0.25, 0.3) is 0 Å². The van der Waals surface area contributed by atoms with Gasteiger partial charge in [-0.1, -0.05) is 135 Å². The summed E-state index contributed by atoms with van der Waals surface area (Å²) in [6.07, 6.45) is 0. The normalized spacial score (nSPS) is 12.6. The van der Waals surface area contributed by atoms with Crippen LogP contribution in [0.25, 0.3) is 67.3 Å². The smallest absolute Gasteiger partial charge is 0.160 e. The van der Waals surface area contributed by atoms with E-state index in [4.69, 9.17) is 9.97 Å². The van der Waals surface area contributed by atoms with E-state index in [0.717, 1.165) is 39.2 Å². The van der Waals surface area contributed by atoms with Crippen molar-refractivity contribution < 1.29 is 0 Å². The van der Waals surface area contributed by atoms with Crippen LogP contribution < -0.4 is 0 Å². The molecular formula is C44H31N3. The molecule has 0 bridgehead atoms. The van der Waals surface area contributed by atoms with Crippen LogP contribution in [-0.2, 0) is 5.41 Å². The lowest BCUT2D eigenvalue weighted by Gasteiger charge is -2.22. The Morgan fingerprint density at radius 1 is 0.447 bits per heavy atom. The number of hydrogen-bond acceptors (Lipinski definition) is 3. The monoisotopic (exact) mass is 601 g/mol. The van der Waals surface area contributed by atoms with Crippen LogP contribution in [0.2, 0.25) is 0 Å². The first kappa shape index (κ1) is 28.4. The number of rotatable bonds is 5. The molecule has 0 unspecified atom stereocenters. The molecule has 0 fully saturated rings. The van der Waals surface area contributed by atoms with E-state index in [0.29, 0.717) is 11.4 Å². The Kier molecular flexibility index (Phi) is 6.85. The predicted molar refractivity (Wildman–Crippen MR) is 191 cm³/mol. The van der Waals surface area contributed by atoms with Gasteiger partial charge in [0, 0.05) is 22.1 Å². The molecule has 3 nitrogen and oxygen atoms in total. The maximum Gasteiger partial charge on any atom is 0.160 e. The second-order valence-corrected chi connectivity index (χ2v) is 12.6. The molecule has 0 aliphatic heterocycles. The van der Waals surface area contributed by atoms with Gasteiger partial charge in [-0.05, 0) is 74.8 Å². The summed E-state index contributed by atoms with van der Waals surface area (Å²) >= 11 is 0. The van der Waals surface area contributed by atoms with E-state index in [1.54, 1.807) is 0 Å². The van der Waals surface area contributed by atoms with Gasteiger partial charge in [-0.25, -0.2) is 9.97 Å². The van der Waals surface area contributed by atoms with Crippen molar-refractivity contribution in [2.45, 2.75) is 19.3 Å². The first-order valence-electron chi connectivity index (χ1n) is 15.9. The van der Waals surface area contributed by atoms with Gasteiger partial charge in [0.1, 0.15) is 0 Å². The van der Waals surface area contributed by atoms with Crippen LogP contribution in [0, 0.1) is 11.3 Å². The molecule has 0 N–H and O–H groups in total. The molecule has 7 aromatic rings. The summed E-state index contributed by atoms with van der Waals surface area (Å²) in [7, 11) is 0. The van der Waals surface area contributed by atoms with Crippen LogP contribution in [0.15, 0.2) is 152 Å². The molecule has 1 heterocycles. The van der Waals surface area contributed by atoms with E-state index in [-0.39, 0.29) is 5.41 Å². The van der Waals surface area contributed by atoms with Crippen LogP contribution >= 0.6 is 0 Å². The second-order valence-electron chi connectivity index (χ2n) is 12.6. The molecule has 0 atom stereocenters. The number of benzene rings is 6. The van der Waals surface area contributed by atoms with Gasteiger partial charge in [-0.15, -0.1) is 0 Å². The van der Waals surface area contributed by atoms with Crippen LogP contribution in [0.3, 0.4) is 0 Å². The molecule has 0 spiro atoms. The minimum atomic E-state index is -0.135. The minimum Gasteiger partial charge on any atom is -0.228 e. The molecular weight excluding hydrogens is 571 g/mol. The summed E-state index contributed by atoms with van der Waals surface area (Å²) in [5.74, 6) is 0.713. The Morgan fingerprint density at radius 2 is 1.00 bits per heavy atom. The number of nitriles is 1. The average molecular weight is 602 g/mol. The van der Waals surface area contributed by atoms with Crippen LogP contribution in [0.4, 0.5) is 0 Å². The molecule has 8 rings (SSSR count). The zero-order chi connectivity index (χ0) is 32.0. The van der Waals surface area contributed by atoms with E-state index >= 15 is 0 Å². The third-order valence-corrected chi connectivity index (χ3v) is 9.34. The van der Waals surface area contributed by atoms with E-state index in [1.165, 1.54) is 33.4 Å². The third kappa shape index (κ3) is 5.11. The van der Waals surface area contributed by atoms with Crippen LogP contribution in [0.5, 0.6) is 0 Å². The van der Waals surface area contributed by atoms with Gasteiger partial charge < -0.3 is 0 Å². The second kappa shape index (κ2) is 11.4. The molecule has 3 heteroatoms. The minimum absolute atomic E-state index is 0.135. The van der Waals surface area contributed by atoms with Gasteiger partial charge in [0.05, 0.1) is 23.0 Å². The van der Waals surface area contributed by atoms with Gasteiger partial charge >= 0.3 is 0 Å². The summed E-state index contributed by atoms with van der Waals surface area (Å²) in [5.41, 5.74) is 15.1. The van der Waals surface area contributed by atoms with Crippen molar-refractivity contribution >= 4 is 0 Å². The summed E-state index contributed by atoms with van der Waals surface area (Å²) < 4.78 is 0. The van der Waals surface area contributed by atoms with E-state index in [1.807, 2.05) is 48.5 Å². The highest BCUT2D eigenvalue weighted by Gasteiger charge is 2.35. The fraction of sp³-hybridized carbons (Fsp3) is 0.0682. The predicted octanol–water partition coefficient (Wildman–Crippen LogP) is 11.0. The van der Waals surface area contributed by atoms with Crippen LogP contribution in [-0.4, -0.2) is 9.97 Å². The lowest BCUT2D eigenvalue weighted by atomic mass is 9.81. The topological polar surface area (TPSA) is 49.6 Å². The average Bonchev–Trinajstić information content (AvgIpc) is 3.37.